The molecule has 2 N–H and O–H groups in total. The summed E-state index contributed by atoms with van der Waals surface area (Å²) in [5.74, 6) is -1.41. The number of aliphatic carboxylic acids is 1. The number of halogens is 1. The average molecular weight is 313 g/mol. The first-order valence-corrected chi connectivity index (χ1v) is 7.89. The van der Waals surface area contributed by atoms with Crippen LogP contribution >= 0.6 is 0 Å². The molecule has 0 radical (unpaired) electrons. The van der Waals surface area contributed by atoms with E-state index in [2.05, 4.69) is 12.2 Å². The second kappa shape index (κ2) is 6.50. The summed E-state index contributed by atoms with van der Waals surface area (Å²) in [5, 5.41) is 12.8. The number of rotatable bonds is 3. The maximum atomic E-state index is 13.0. The Hall–Kier alpha value is -2.20. The molecular weight excluding hydrogens is 293 g/mol. The topological polar surface area (TPSA) is 49.3 Å². The van der Waals surface area contributed by atoms with Gasteiger partial charge in [0.25, 0.3) is 0 Å². The molecule has 23 heavy (non-hydrogen) atoms. The van der Waals surface area contributed by atoms with Crippen LogP contribution in [0.1, 0.15) is 31.4 Å². The van der Waals surface area contributed by atoms with Crippen molar-refractivity contribution in [1.29, 1.82) is 0 Å². The fraction of sp³-hybridized carbons (Fsp3) is 0.316. The highest BCUT2D eigenvalue weighted by atomic mass is 19.1. The maximum Gasteiger partial charge on any atom is 0.308 e. The van der Waals surface area contributed by atoms with E-state index in [0.717, 1.165) is 23.1 Å². The van der Waals surface area contributed by atoms with Gasteiger partial charge < -0.3 is 10.4 Å². The summed E-state index contributed by atoms with van der Waals surface area (Å²) in [6, 6.07) is 14.4. The molecule has 0 amide bonds. The summed E-state index contributed by atoms with van der Waals surface area (Å²) < 4.78 is 13.0. The molecule has 0 aromatic heterocycles. The lowest BCUT2D eigenvalue weighted by Gasteiger charge is -2.34. The van der Waals surface area contributed by atoms with Gasteiger partial charge >= 0.3 is 5.97 Å². The zero-order valence-electron chi connectivity index (χ0n) is 13.0. The number of carboxylic acids is 1. The monoisotopic (exact) mass is 313 g/mol. The molecule has 3 unspecified atom stereocenters. The summed E-state index contributed by atoms with van der Waals surface area (Å²) >= 11 is 0. The Bertz CT molecular complexity index is 682. The molecule has 3 nitrogen and oxygen atoms in total. The highest BCUT2D eigenvalue weighted by molar-refractivity contribution is 5.72. The van der Waals surface area contributed by atoms with Crippen molar-refractivity contribution in [2.75, 3.05) is 0 Å². The van der Waals surface area contributed by atoms with E-state index < -0.39 is 11.9 Å². The van der Waals surface area contributed by atoms with Gasteiger partial charge in [-0.15, -0.1) is 0 Å². The van der Waals surface area contributed by atoms with Crippen molar-refractivity contribution < 1.29 is 14.3 Å². The average Bonchev–Trinajstić information content (AvgIpc) is 2.55. The lowest BCUT2D eigenvalue weighted by atomic mass is 9.83. The molecule has 4 heteroatoms. The molecule has 1 saturated heterocycles. The third kappa shape index (κ3) is 3.42. The van der Waals surface area contributed by atoms with Crippen molar-refractivity contribution in [2.24, 2.45) is 5.92 Å². The van der Waals surface area contributed by atoms with E-state index in [0.29, 0.717) is 12.5 Å². The van der Waals surface area contributed by atoms with Crippen LogP contribution in [0.4, 0.5) is 4.39 Å². The number of hydrogen-bond acceptors (Lipinski definition) is 2. The molecule has 3 atom stereocenters. The summed E-state index contributed by atoms with van der Waals surface area (Å²) in [6.45, 7) is 2.08. The van der Waals surface area contributed by atoms with Crippen LogP contribution < -0.4 is 5.32 Å². The SMILES string of the molecule is CC1CCC(C(=O)O)C(c2ccc(-c3ccc(F)cc3)cc2)N1. The maximum absolute atomic E-state index is 13.0. The van der Waals surface area contributed by atoms with Crippen molar-refractivity contribution in [3.63, 3.8) is 0 Å². The molecular formula is C19H20FNO2. The zero-order chi connectivity index (χ0) is 16.4. The predicted octanol–water partition coefficient (Wildman–Crippen LogP) is 4.01. The number of carboxylic acid groups (broad SMARTS) is 1. The molecule has 1 heterocycles. The first kappa shape index (κ1) is 15.7. The Morgan fingerprint density at radius 2 is 1.61 bits per heavy atom. The van der Waals surface area contributed by atoms with E-state index >= 15 is 0 Å². The minimum atomic E-state index is -0.753. The lowest BCUT2D eigenvalue weighted by molar-refractivity contribution is -0.144. The number of benzene rings is 2. The number of nitrogens with one attached hydrogen (secondary N) is 1. The molecule has 0 spiro atoms. The fourth-order valence-corrected chi connectivity index (χ4v) is 3.22. The first-order valence-electron chi connectivity index (χ1n) is 7.89. The van der Waals surface area contributed by atoms with E-state index in [4.69, 9.17) is 0 Å². The van der Waals surface area contributed by atoms with E-state index in [1.807, 2.05) is 24.3 Å². The van der Waals surface area contributed by atoms with Crippen LogP contribution in [0.25, 0.3) is 11.1 Å². The lowest BCUT2D eigenvalue weighted by Crippen LogP contribution is -2.43. The highest BCUT2D eigenvalue weighted by Gasteiger charge is 2.34. The van der Waals surface area contributed by atoms with Gasteiger partial charge in [-0.1, -0.05) is 36.4 Å². The van der Waals surface area contributed by atoms with Gasteiger partial charge in [-0.2, -0.15) is 0 Å². The standard InChI is InChI=1S/C19H20FNO2/c1-12-2-11-17(19(22)23)18(21-12)15-5-3-13(4-6-15)14-7-9-16(20)10-8-14/h3-10,12,17-18,21H,2,11H2,1H3,(H,22,23). The number of piperidine rings is 1. The quantitative estimate of drug-likeness (QED) is 0.900. The third-order valence-electron chi connectivity index (χ3n) is 4.54. The summed E-state index contributed by atoms with van der Waals surface area (Å²) in [7, 11) is 0. The first-order chi connectivity index (χ1) is 11.0. The van der Waals surface area contributed by atoms with Gasteiger partial charge in [0.2, 0.25) is 0 Å². The minimum Gasteiger partial charge on any atom is -0.481 e. The Balaban J connectivity index is 1.85. The molecule has 0 aliphatic carbocycles. The summed E-state index contributed by atoms with van der Waals surface area (Å²) in [5.41, 5.74) is 2.91. The summed E-state index contributed by atoms with van der Waals surface area (Å²) in [4.78, 5) is 11.5. The van der Waals surface area contributed by atoms with Crippen LogP contribution in [-0.4, -0.2) is 17.1 Å². The largest absolute Gasteiger partial charge is 0.481 e. The van der Waals surface area contributed by atoms with Crippen molar-refractivity contribution in [2.45, 2.75) is 31.8 Å². The smallest absolute Gasteiger partial charge is 0.308 e. The Kier molecular flexibility index (Phi) is 4.44. The molecule has 2 aromatic carbocycles. The molecule has 1 aliphatic rings. The van der Waals surface area contributed by atoms with Crippen molar-refractivity contribution in [3.05, 3.63) is 59.9 Å². The molecule has 0 bridgehead atoms. The van der Waals surface area contributed by atoms with E-state index in [1.54, 1.807) is 12.1 Å². The second-order valence-electron chi connectivity index (χ2n) is 6.20. The zero-order valence-corrected chi connectivity index (χ0v) is 13.0. The Labute approximate surface area is 135 Å². The molecule has 120 valence electrons. The van der Waals surface area contributed by atoms with Crippen LogP contribution in [0.5, 0.6) is 0 Å². The van der Waals surface area contributed by atoms with Gasteiger partial charge in [0.15, 0.2) is 0 Å². The molecule has 0 saturated carbocycles. The van der Waals surface area contributed by atoms with Crippen LogP contribution in [0.2, 0.25) is 0 Å². The van der Waals surface area contributed by atoms with Crippen molar-refractivity contribution >= 4 is 5.97 Å². The van der Waals surface area contributed by atoms with Crippen molar-refractivity contribution in [1.82, 2.24) is 5.32 Å². The van der Waals surface area contributed by atoms with Gasteiger partial charge in [0, 0.05) is 12.1 Å². The second-order valence-corrected chi connectivity index (χ2v) is 6.20. The van der Waals surface area contributed by atoms with Crippen LogP contribution in [0.3, 0.4) is 0 Å². The van der Waals surface area contributed by atoms with Gasteiger partial charge in [-0.05, 0) is 48.6 Å². The van der Waals surface area contributed by atoms with Gasteiger partial charge in [0.1, 0.15) is 5.82 Å². The highest BCUT2D eigenvalue weighted by Crippen LogP contribution is 2.32. The molecule has 1 aliphatic heterocycles. The number of carbonyl (C=O) groups is 1. The van der Waals surface area contributed by atoms with Gasteiger partial charge in [-0.3, -0.25) is 4.79 Å². The number of hydrogen-bond donors (Lipinski definition) is 2. The van der Waals surface area contributed by atoms with Crippen LogP contribution in [0, 0.1) is 11.7 Å². The Morgan fingerprint density at radius 3 is 2.17 bits per heavy atom. The minimum absolute atomic E-state index is 0.168. The summed E-state index contributed by atoms with van der Waals surface area (Å²) in [6.07, 6.45) is 1.56. The van der Waals surface area contributed by atoms with Gasteiger partial charge in [-0.25, -0.2) is 4.39 Å². The molecule has 1 fully saturated rings. The predicted molar refractivity (Wildman–Crippen MR) is 87.5 cm³/mol. The van der Waals surface area contributed by atoms with E-state index in [1.165, 1.54) is 12.1 Å². The molecule has 3 rings (SSSR count). The normalized spacial score (nSPS) is 24.3. The fourth-order valence-electron chi connectivity index (χ4n) is 3.22. The van der Waals surface area contributed by atoms with Crippen LogP contribution in [0.15, 0.2) is 48.5 Å². The van der Waals surface area contributed by atoms with E-state index in [-0.39, 0.29) is 11.9 Å². The van der Waals surface area contributed by atoms with E-state index in [9.17, 15) is 14.3 Å². The van der Waals surface area contributed by atoms with Gasteiger partial charge in [0.05, 0.1) is 5.92 Å². The Morgan fingerprint density at radius 1 is 1.04 bits per heavy atom. The van der Waals surface area contributed by atoms with Crippen molar-refractivity contribution in [3.8, 4) is 11.1 Å². The third-order valence-corrected chi connectivity index (χ3v) is 4.54. The van der Waals surface area contributed by atoms with Crippen LogP contribution in [-0.2, 0) is 4.79 Å². The molecule has 2 aromatic rings.